The maximum Gasteiger partial charge on any atom is 0.259 e. The molecular weight excluding hydrogens is 868 g/mol. The van der Waals surface area contributed by atoms with E-state index >= 15 is 0 Å². The lowest BCUT2D eigenvalue weighted by Gasteiger charge is -2.40. The zero-order valence-corrected chi connectivity index (χ0v) is 39.2. The number of fused-ring (bicyclic) bond motifs is 3. The van der Waals surface area contributed by atoms with Gasteiger partial charge in [0.1, 0.15) is 53.5 Å². The molecule has 4 aromatic rings. The minimum atomic E-state index is -0.901. The Balaban J connectivity index is 0.923. The number of carbonyl (C=O) groups is 5. The van der Waals surface area contributed by atoms with Gasteiger partial charge in [0.2, 0.25) is 23.6 Å². The van der Waals surface area contributed by atoms with E-state index in [0.717, 1.165) is 11.1 Å². The molecule has 0 spiro atoms. The molecule has 6 rings (SSSR count). The molecule has 67 heavy (non-hydrogen) atoms. The second-order valence-electron chi connectivity index (χ2n) is 17.9. The summed E-state index contributed by atoms with van der Waals surface area (Å²) in [7, 11) is 1.66. The number of nitrogens with two attached hydrogens (primary N) is 1. The summed E-state index contributed by atoms with van der Waals surface area (Å²) >= 11 is 0. The van der Waals surface area contributed by atoms with E-state index in [1.165, 1.54) is 27.7 Å². The fourth-order valence-electron chi connectivity index (χ4n) is 7.85. The molecule has 6 N–H and O–H groups in total. The Hall–Kier alpha value is -6.38. The lowest BCUT2D eigenvalue weighted by molar-refractivity contribution is -0.146. The molecule has 2 aromatic heterocycles. The van der Waals surface area contributed by atoms with Crippen LogP contribution in [0.3, 0.4) is 0 Å². The monoisotopic (exact) mass is 930 g/mol. The van der Waals surface area contributed by atoms with Gasteiger partial charge < -0.3 is 55.7 Å². The van der Waals surface area contributed by atoms with Crippen LogP contribution in [0.5, 0.6) is 11.5 Å². The summed E-state index contributed by atoms with van der Waals surface area (Å²) in [5.41, 5.74) is 8.05. The minimum absolute atomic E-state index is 0.0957. The number of hydrogen-bond donors (Lipinski definition) is 5. The number of anilines is 1. The van der Waals surface area contributed by atoms with E-state index in [9.17, 15) is 28.4 Å². The topological polar surface area (TPSA) is 233 Å². The van der Waals surface area contributed by atoms with E-state index in [1.54, 1.807) is 43.3 Å². The van der Waals surface area contributed by atoms with Crippen molar-refractivity contribution in [3.05, 3.63) is 82.9 Å². The van der Waals surface area contributed by atoms with Gasteiger partial charge in [-0.2, -0.15) is 5.10 Å². The molecule has 362 valence electrons. The third-order valence-corrected chi connectivity index (χ3v) is 11.7. The van der Waals surface area contributed by atoms with Crippen LogP contribution < -0.4 is 36.5 Å². The zero-order chi connectivity index (χ0) is 48.4. The van der Waals surface area contributed by atoms with Gasteiger partial charge in [0.25, 0.3) is 5.91 Å². The summed E-state index contributed by atoms with van der Waals surface area (Å²) < 4.78 is 39.4. The average Bonchev–Trinajstić information content (AvgIpc) is 3.71. The Bertz CT molecular complexity index is 2410. The predicted octanol–water partition coefficient (Wildman–Crippen LogP) is 2.76. The van der Waals surface area contributed by atoms with Crippen LogP contribution in [0.15, 0.2) is 54.9 Å². The van der Waals surface area contributed by atoms with Gasteiger partial charge in [-0.1, -0.05) is 26.8 Å². The number of aromatic nitrogens is 3. The largest absolute Gasteiger partial charge is 0.491 e. The molecule has 2 aliphatic heterocycles. The van der Waals surface area contributed by atoms with Gasteiger partial charge in [0, 0.05) is 44.2 Å². The van der Waals surface area contributed by atoms with Crippen molar-refractivity contribution < 1.29 is 47.3 Å². The van der Waals surface area contributed by atoms with Crippen molar-refractivity contribution in [2.24, 2.45) is 11.1 Å². The van der Waals surface area contributed by atoms with Crippen molar-refractivity contribution in [1.29, 1.82) is 0 Å². The number of halogens is 1. The summed E-state index contributed by atoms with van der Waals surface area (Å²) in [6.45, 7) is 12.7. The smallest absolute Gasteiger partial charge is 0.259 e. The first-order valence-electron chi connectivity index (χ1n) is 22.5. The lowest BCUT2D eigenvalue weighted by Crippen LogP contribution is -2.61. The van der Waals surface area contributed by atoms with Crippen LogP contribution >= 0.6 is 0 Å². The molecule has 0 aliphatic carbocycles. The van der Waals surface area contributed by atoms with Crippen LogP contribution in [0, 0.1) is 11.2 Å². The Kier molecular flexibility index (Phi) is 16.7. The third-order valence-electron chi connectivity index (χ3n) is 11.7. The normalized spacial score (nSPS) is 18.3. The Morgan fingerprint density at radius 3 is 2.49 bits per heavy atom. The molecule has 4 heterocycles. The molecular formula is C47H63FN10O9. The third kappa shape index (κ3) is 13.0. The van der Waals surface area contributed by atoms with Crippen molar-refractivity contribution in [1.82, 2.24) is 40.3 Å². The zero-order valence-electron chi connectivity index (χ0n) is 39.2. The molecule has 0 saturated carbocycles. The molecule has 1 unspecified atom stereocenters. The molecule has 5 atom stereocenters. The SMILES string of the molecule is CN[C@H](C)C(=O)N[C@@H](C(=O)N1Cc2cc(OCCOCCOCCC(=O)NCCN3C[C@H](C)Oc4ccc(F)cc4C(C)Nc4ccn5ncc(c5n4)C3=O)ccc2C[C@@H]1C(N)=O)C(C)(C)C. The number of nitrogens with zero attached hydrogens (tertiary/aromatic N) is 5. The van der Waals surface area contributed by atoms with Gasteiger partial charge in [0.15, 0.2) is 5.65 Å². The summed E-state index contributed by atoms with van der Waals surface area (Å²) in [5.74, 6) is -0.834. The maximum absolute atomic E-state index is 14.4. The first-order chi connectivity index (χ1) is 31.9. The summed E-state index contributed by atoms with van der Waals surface area (Å²) in [5, 5.41) is 16.2. The fourth-order valence-corrected chi connectivity index (χ4v) is 7.85. The van der Waals surface area contributed by atoms with Crippen molar-refractivity contribution in [3.63, 3.8) is 0 Å². The predicted molar refractivity (Wildman–Crippen MR) is 246 cm³/mol. The van der Waals surface area contributed by atoms with Crippen molar-refractivity contribution in [2.75, 3.05) is 65.0 Å². The van der Waals surface area contributed by atoms with Crippen LogP contribution in [0.4, 0.5) is 10.2 Å². The molecule has 20 heteroatoms. The highest BCUT2D eigenvalue weighted by Crippen LogP contribution is 2.32. The minimum Gasteiger partial charge on any atom is -0.491 e. The highest BCUT2D eigenvalue weighted by Gasteiger charge is 2.42. The van der Waals surface area contributed by atoms with Gasteiger partial charge in [-0.25, -0.2) is 13.9 Å². The van der Waals surface area contributed by atoms with E-state index in [0.29, 0.717) is 28.5 Å². The highest BCUT2D eigenvalue weighted by molar-refractivity contribution is 6.00. The number of nitrogens with one attached hydrogen (secondary N) is 4. The average molecular weight is 931 g/mol. The van der Waals surface area contributed by atoms with Crippen LogP contribution in [0.25, 0.3) is 5.65 Å². The summed E-state index contributed by atoms with van der Waals surface area (Å²) in [6, 6.07) is 8.85. The molecule has 5 amide bonds. The number of primary amides is 1. The fraction of sp³-hybridized carbons (Fsp3) is 0.511. The van der Waals surface area contributed by atoms with E-state index in [-0.39, 0.29) is 101 Å². The van der Waals surface area contributed by atoms with Crippen LogP contribution in [0.1, 0.15) is 81.1 Å². The molecule has 19 nitrogen and oxygen atoms in total. The second-order valence-corrected chi connectivity index (χ2v) is 17.9. The first-order valence-corrected chi connectivity index (χ1v) is 22.5. The molecule has 0 saturated heterocycles. The van der Waals surface area contributed by atoms with Crippen LogP contribution in [-0.2, 0) is 41.6 Å². The van der Waals surface area contributed by atoms with Gasteiger partial charge in [-0.15, -0.1) is 0 Å². The van der Waals surface area contributed by atoms with Crippen molar-refractivity contribution in [3.8, 4) is 11.5 Å². The van der Waals surface area contributed by atoms with Gasteiger partial charge in [0.05, 0.1) is 51.3 Å². The highest BCUT2D eigenvalue weighted by atomic mass is 19.1. The van der Waals surface area contributed by atoms with E-state index in [4.69, 9.17) is 24.7 Å². The number of benzene rings is 2. The molecule has 0 fully saturated rings. The molecule has 2 aromatic carbocycles. The number of carbonyl (C=O) groups excluding carboxylic acids is 5. The summed E-state index contributed by atoms with van der Waals surface area (Å²) in [4.78, 5) is 73.7. The van der Waals surface area contributed by atoms with Crippen LogP contribution in [-0.4, -0.2) is 138 Å². The number of rotatable bonds is 18. The standard InChI is InChI=1S/C47H63FN10O9/c1-28-26-56(45(62)36-25-52-58-15-12-39(54-43(36)58)53-29(2)35-24-33(48)9-11-38(35)67-28)16-14-51-40(59)13-17-64-18-19-65-20-21-66-34-10-8-31-23-37(42(49)60)57(27-32(31)22-34)46(63)41(47(4,5)6)55-44(61)30(3)50-7/h8-12,15,22,24-25,28-30,37,41,50H,13-14,16-21,23,26-27H2,1-7H3,(H2,49,60)(H,51,59)(H,53,54)(H,55,61)/t28-,29?,30+,37+,41-/m0/s1. The maximum atomic E-state index is 14.4. The lowest BCUT2D eigenvalue weighted by atomic mass is 9.84. The quantitative estimate of drug-likeness (QED) is 0.0905. The van der Waals surface area contributed by atoms with Crippen LogP contribution in [0.2, 0.25) is 0 Å². The number of likely N-dealkylation sites (N-methyl/N-ethyl adjacent to an activating group) is 1. The Morgan fingerprint density at radius 2 is 1.76 bits per heavy atom. The Morgan fingerprint density at radius 1 is 1.01 bits per heavy atom. The van der Waals surface area contributed by atoms with Gasteiger partial charge in [-0.05, 0) is 80.8 Å². The number of ether oxygens (including phenoxy) is 4. The van der Waals surface area contributed by atoms with Crippen molar-refractivity contribution in [2.45, 2.75) is 91.2 Å². The number of amides is 5. The first kappa shape index (κ1) is 50.0. The molecule has 2 bridgehead atoms. The van der Waals surface area contributed by atoms with E-state index in [2.05, 4.69) is 31.3 Å². The molecule has 2 aliphatic rings. The second kappa shape index (κ2) is 22.4. The van der Waals surface area contributed by atoms with E-state index < -0.39 is 47.3 Å². The van der Waals surface area contributed by atoms with E-state index in [1.807, 2.05) is 46.8 Å². The summed E-state index contributed by atoms with van der Waals surface area (Å²) in [6.07, 6.45) is 2.99. The van der Waals surface area contributed by atoms with Gasteiger partial charge >= 0.3 is 0 Å². The van der Waals surface area contributed by atoms with Crippen molar-refractivity contribution >= 4 is 41.0 Å². The molecule has 0 radical (unpaired) electrons. The Labute approximate surface area is 389 Å². The number of hydrogen-bond acceptors (Lipinski definition) is 13. The van der Waals surface area contributed by atoms with Gasteiger partial charge in [-0.3, -0.25) is 24.0 Å².